The molecule has 2 aromatic rings. The van der Waals surface area contributed by atoms with E-state index >= 15 is 0 Å². The molecule has 0 amide bonds. The number of benzene rings is 1. The van der Waals surface area contributed by atoms with Crippen molar-refractivity contribution in [1.29, 1.82) is 0 Å². The minimum absolute atomic E-state index is 0.754. The van der Waals surface area contributed by atoms with Gasteiger partial charge >= 0.3 is 0 Å². The van der Waals surface area contributed by atoms with Crippen LogP contribution in [0.25, 0.3) is 0 Å². The van der Waals surface area contributed by atoms with Crippen LogP contribution in [0.1, 0.15) is 5.56 Å². The summed E-state index contributed by atoms with van der Waals surface area (Å²) in [6.07, 6.45) is 0. The van der Waals surface area contributed by atoms with Gasteiger partial charge in [-0.3, -0.25) is 4.90 Å². The van der Waals surface area contributed by atoms with E-state index in [2.05, 4.69) is 56.0 Å². The van der Waals surface area contributed by atoms with Gasteiger partial charge in [0.25, 0.3) is 0 Å². The van der Waals surface area contributed by atoms with Crippen molar-refractivity contribution in [2.75, 3.05) is 93.5 Å². The van der Waals surface area contributed by atoms with Crippen LogP contribution < -0.4 is 14.7 Å². The van der Waals surface area contributed by atoms with Crippen LogP contribution in [-0.2, 0) is 16.0 Å². The van der Waals surface area contributed by atoms with Crippen molar-refractivity contribution in [3.05, 3.63) is 42.0 Å². The Morgan fingerprint density at radius 1 is 0.645 bits per heavy atom. The number of piperazine rings is 1. The van der Waals surface area contributed by atoms with Gasteiger partial charge in [0.15, 0.2) is 0 Å². The Labute approximate surface area is 184 Å². The van der Waals surface area contributed by atoms with Gasteiger partial charge in [0.2, 0.25) is 5.95 Å². The van der Waals surface area contributed by atoms with Crippen LogP contribution in [0.3, 0.4) is 0 Å². The number of ether oxygens (including phenoxy) is 2. The summed E-state index contributed by atoms with van der Waals surface area (Å²) < 4.78 is 11.1. The van der Waals surface area contributed by atoms with Gasteiger partial charge in [-0.15, -0.1) is 0 Å². The first-order chi connectivity index (χ1) is 15.3. The van der Waals surface area contributed by atoms with Gasteiger partial charge in [0.05, 0.1) is 26.4 Å². The summed E-state index contributed by atoms with van der Waals surface area (Å²) in [5, 5.41) is 0. The van der Waals surface area contributed by atoms with Gasteiger partial charge in [0, 0.05) is 65.0 Å². The molecule has 0 N–H and O–H groups in total. The molecular weight excluding hydrogens is 392 g/mol. The predicted octanol–water partition coefficient (Wildman–Crippen LogP) is 1.47. The standard InChI is InChI=1S/C23H32N6O2/c1-2-4-20(5-3-1)19-26-6-8-29(9-7-26)23-24-21(27-10-14-30-15-11-27)18-22(25-23)28-12-16-31-17-13-28/h1-5,18H,6-17,19H2. The molecule has 31 heavy (non-hydrogen) atoms. The molecule has 3 aliphatic rings. The Kier molecular flexibility index (Phi) is 6.48. The lowest BCUT2D eigenvalue weighted by molar-refractivity contribution is 0.122. The first kappa shape index (κ1) is 20.5. The van der Waals surface area contributed by atoms with E-state index in [9.17, 15) is 0 Å². The van der Waals surface area contributed by atoms with Crippen LogP contribution in [0, 0.1) is 0 Å². The van der Waals surface area contributed by atoms with Gasteiger partial charge in [-0.25, -0.2) is 0 Å². The molecule has 4 heterocycles. The number of anilines is 3. The lowest BCUT2D eigenvalue weighted by Gasteiger charge is -2.36. The van der Waals surface area contributed by atoms with Crippen molar-refractivity contribution in [1.82, 2.24) is 14.9 Å². The summed E-state index contributed by atoms with van der Waals surface area (Å²) in [6, 6.07) is 12.9. The van der Waals surface area contributed by atoms with Gasteiger partial charge in [-0.1, -0.05) is 30.3 Å². The first-order valence-corrected chi connectivity index (χ1v) is 11.4. The molecule has 1 aromatic carbocycles. The summed E-state index contributed by atoms with van der Waals surface area (Å²) in [7, 11) is 0. The quantitative estimate of drug-likeness (QED) is 0.715. The van der Waals surface area contributed by atoms with Crippen LogP contribution in [-0.4, -0.2) is 93.7 Å². The molecule has 8 heteroatoms. The molecule has 0 atom stereocenters. The van der Waals surface area contributed by atoms with Crippen molar-refractivity contribution >= 4 is 17.6 Å². The van der Waals surface area contributed by atoms with Gasteiger partial charge in [0.1, 0.15) is 11.6 Å². The van der Waals surface area contributed by atoms with E-state index in [1.807, 2.05) is 0 Å². The SMILES string of the molecule is c1ccc(CN2CCN(c3nc(N4CCOCC4)cc(N4CCOCC4)n3)CC2)cc1. The predicted molar refractivity (Wildman–Crippen MR) is 122 cm³/mol. The Bertz CT molecular complexity index is 795. The molecule has 0 aliphatic carbocycles. The first-order valence-electron chi connectivity index (χ1n) is 11.4. The Hall–Kier alpha value is -2.42. The third-order valence-corrected chi connectivity index (χ3v) is 6.26. The Morgan fingerprint density at radius 3 is 1.74 bits per heavy atom. The summed E-state index contributed by atoms with van der Waals surface area (Å²) in [4.78, 5) is 19.5. The minimum atomic E-state index is 0.754. The largest absolute Gasteiger partial charge is 0.378 e. The summed E-state index contributed by atoms with van der Waals surface area (Å²) >= 11 is 0. The van der Waals surface area contributed by atoms with Gasteiger partial charge in [-0.05, 0) is 5.56 Å². The van der Waals surface area contributed by atoms with Gasteiger partial charge in [-0.2, -0.15) is 9.97 Å². The zero-order valence-corrected chi connectivity index (χ0v) is 18.2. The number of hydrogen-bond acceptors (Lipinski definition) is 8. The molecule has 0 radical (unpaired) electrons. The number of nitrogens with zero attached hydrogens (tertiary/aromatic N) is 6. The molecule has 166 valence electrons. The molecule has 1 aromatic heterocycles. The molecule has 5 rings (SSSR count). The molecule has 0 saturated carbocycles. The van der Waals surface area contributed by atoms with Crippen LogP contribution in [0.15, 0.2) is 36.4 Å². The van der Waals surface area contributed by atoms with Crippen molar-refractivity contribution in [2.24, 2.45) is 0 Å². The highest BCUT2D eigenvalue weighted by molar-refractivity contribution is 5.56. The van der Waals surface area contributed by atoms with Crippen molar-refractivity contribution in [3.63, 3.8) is 0 Å². The van der Waals surface area contributed by atoms with Crippen molar-refractivity contribution < 1.29 is 9.47 Å². The maximum absolute atomic E-state index is 5.55. The molecule has 3 aliphatic heterocycles. The van der Waals surface area contributed by atoms with E-state index < -0.39 is 0 Å². The molecule has 8 nitrogen and oxygen atoms in total. The Morgan fingerprint density at radius 2 is 1.19 bits per heavy atom. The van der Waals surface area contributed by atoms with E-state index in [1.54, 1.807) is 0 Å². The van der Waals surface area contributed by atoms with Gasteiger partial charge < -0.3 is 24.2 Å². The highest BCUT2D eigenvalue weighted by atomic mass is 16.5. The van der Waals surface area contributed by atoms with E-state index in [1.165, 1.54) is 5.56 Å². The fourth-order valence-electron chi connectivity index (χ4n) is 4.41. The molecule has 0 bridgehead atoms. The Balaban J connectivity index is 1.31. The summed E-state index contributed by atoms with van der Waals surface area (Å²) in [6.45, 7) is 11.5. The monoisotopic (exact) mass is 424 g/mol. The number of rotatable bonds is 5. The normalized spacial score (nSPS) is 20.8. The zero-order valence-electron chi connectivity index (χ0n) is 18.2. The molecule has 0 spiro atoms. The average molecular weight is 425 g/mol. The third kappa shape index (κ3) is 5.08. The van der Waals surface area contributed by atoms with Crippen molar-refractivity contribution in [2.45, 2.75) is 6.54 Å². The molecular formula is C23H32N6O2. The molecule has 3 saturated heterocycles. The minimum Gasteiger partial charge on any atom is -0.378 e. The second-order valence-corrected chi connectivity index (χ2v) is 8.33. The smallest absolute Gasteiger partial charge is 0.229 e. The maximum atomic E-state index is 5.55. The molecule has 3 fully saturated rings. The lowest BCUT2D eigenvalue weighted by Crippen LogP contribution is -2.47. The highest BCUT2D eigenvalue weighted by Crippen LogP contribution is 2.25. The van der Waals surface area contributed by atoms with E-state index in [4.69, 9.17) is 19.4 Å². The van der Waals surface area contributed by atoms with Crippen LogP contribution in [0.5, 0.6) is 0 Å². The van der Waals surface area contributed by atoms with Crippen molar-refractivity contribution in [3.8, 4) is 0 Å². The summed E-state index contributed by atoms with van der Waals surface area (Å²) in [5.41, 5.74) is 1.37. The summed E-state index contributed by atoms with van der Waals surface area (Å²) in [5.74, 6) is 2.88. The van der Waals surface area contributed by atoms with E-state index in [0.717, 1.165) is 103 Å². The fourth-order valence-corrected chi connectivity index (χ4v) is 4.41. The number of morpholine rings is 2. The lowest BCUT2D eigenvalue weighted by atomic mass is 10.2. The van der Waals surface area contributed by atoms with Crippen LogP contribution in [0.2, 0.25) is 0 Å². The molecule has 0 unspecified atom stereocenters. The van der Waals surface area contributed by atoms with E-state index in [-0.39, 0.29) is 0 Å². The van der Waals surface area contributed by atoms with Crippen LogP contribution in [0.4, 0.5) is 17.6 Å². The zero-order chi connectivity index (χ0) is 20.9. The topological polar surface area (TPSA) is 57.2 Å². The third-order valence-electron chi connectivity index (χ3n) is 6.26. The highest BCUT2D eigenvalue weighted by Gasteiger charge is 2.24. The maximum Gasteiger partial charge on any atom is 0.229 e. The fraction of sp³-hybridized carbons (Fsp3) is 0.565. The average Bonchev–Trinajstić information content (AvgIpc) is 2.86. The number of aromatic nitrogens is 2. The second kappa shape index (κ2) is 9.80. The second-order valence-electron chi connectivity index (χ2n) is 8.33. The number of hydrogen-bond donors (Lipinski definition) is 0. The van der Waals surface area contributed by atoms with E-state index in [0.29, 0.717) is 0 Å². The van der Waals surface area contributed by atoms with Crippen LogP contribution >= 0.6 is 0 Å².